The van der Waals surface area contributed by atoms with Crippen molar-refractivity contribution >= 4 is 34.8 Å². The minimum atomic E-state index is -0.616. The smallest absolute Gasteiger partial charge is 0.331 e. The van der Waals surface area contributed by atoms with E-state index in [0.717, 1.165) is 61.5 Å². The molecule has 0 spiro atoms. The van der Waals surface area contributed by atoms with Crippen molar-refractivity contribution in [1.82, 2.24) is 14.8 Å². The number of urea groups is 1. The fourth-order valence-corrected chi connectivity index (χ4v) is 4.31. The van der Waals surface area contributed by atoms with Gasteiger partial charge >= 0.3 is 6.03 Å². The zero-order valence-electron chi connectivity index (χ0n) is 16.1. The van der Waals surface area contributed by atoms with Crippen LogP contribution in [-0.2, 0) is 16.1 Å². The van der Waals surface area contributed by atoms with Crippen molar-refractivity contribution in [2.24, 2.45) is 0 Å². The molecule has 2 fully saturated rings. The van der Waals surface area contributed by atoms with Crippen molar-refractivity contribution in [3.63, 3.8) is 0 Å². The van der Waals surface area contributed by atoms with Gasteiger partial charge in [-0.2, -0.15) is 0 Å². The fraction of sp³-hybridized carbons (Fsp3) is 0.409. The first kappa shape index (κ1) is 18.5. The van der Waals surface area contributed by atoms with E-state index in [9.17, 15) is 14.4 Å². The van der Waals surface area contributed by atoms with Gasteiger partial charge in [0.15, 0.2) is 0 Å². The van der Waals surface area contributed by atoms with Crippen molar-refractivity contribution in [1.29, 1.82) is 0 Å². The van der Waals surface area contributed by atoms with E-state index in [2.05, 4.69) is 16.8 Å². The van der Waals surface area contributed by atoms with Crippen molar-refractivity contribution < 1.29 is 14.4 Å². The minimum absolute atomic E-state index is 0.0320. The molecule has 2 aromatic rings. The Morgan fingerprint density at radius 1 is 1.11 bits per heavy atom. The molecule has 6 heteroatoms. The number of carbonyl (C=O) groups is 3. The third-order valence-corrected chi connectivity index (χ3v) is 5.66. The average Bonchev–Trinajstić information content (AvgIpc) is 3.04. The van der Waals surface area contributed by atoms with E-state index in [-0.39, 0.29) is 11.6 Å². The van der Waals surface area contributed by atoms with Gasteiger partial charge in [-0.05, 0) is 31.4 Å². The maximum atomic E-state index is 13.1. The molecule has 146 valence electrons. The number of aryl methyl sites for hydroxylation is 1. The number of hydrogen-bond acceptors (Lipinski definition) is 3. The van der Waals surface area contributed by atoms with Crippen LogP contribution in [0.15, 0.2) is 36.0 Å². The predicted molar refractivity (Wildman–Crippen MR) is 107 cm³/mol. The summed E-state index contributed by atoms with van der Waals surface area (Å²) in [5, 5.41) is 3.35. The molecule has 28 heavy (non-hydrogen) atoms. The van der Waals surface area contributed by atoms with E-state index < -0.39 is 17.8 Å². The summed E-state index contributed by atoms with van der Waals surface area (Å²) in [5.74, 6) is -1.10. The lowest BCUT2D eigenvalue weighted by Crippen LogP contribution is -2.58. The molecule has 2 aliphatic rings. The molecule has 1 aromatic heterocycles. The Morgan fingerprint density at radius 2 is 1.86 bits per heavy atom. The number of carbonyl (C=O) groups excluding carboxylic acids is 3. The van der Waals surface area contributed by atoms with Gasteiger partial charge in [0.2, 0.25) is 0 Å². The van der Waals surface area contributed by atoms with Gasteiger partial charge in [0.05, 0.1) is 0 Å². The number of amides is 4. The normalized spacial score (nSPS) is 20.2. The second-order valence-corrected chi connectivity index (χ2v) is 7.58. The molecule has 1 aromatic carbocycles. The van der Waals surface area contributed by atoms with E-state index in [4.69, 9.17) is 0 Å². The summed E-state index contributed by atoms with van der Waals surface area (Å²) in [7, 11) is 0. The monoisotopic (exact) mass is 379 g/mol. The van der Waals surface area contributed by atoms with Crippen LogP contribution >= 0.6 is 0 Å². The largest absolute Gasteiger partial charge is 0.347 e. The number of rotatable bonds is 4. The van der Waals surface area contributed by atoms with Gasteiger partial charge < -0.3 is 4.57 Å². The molecule has 1 aliphatic carbocycles. The first-order valence-corrected chi connectivity index (χ1v) is 10.1. The van der Waals surface area contributed by atoms with Gasteiger partial charge in [-0.3, -0.25) is 19.8 Å². The summed E-state index contributed by atoms with van der Waals surface area (Å²) in [6.07, 6.45) is 9.32. The highest BCUT2D eigenvalue weighted by Gasteiger charge is 2.40. The number of nitrogens with one attached hydrogen (secondary N) is 1. The van der Waals surface area contributed by atoms with Crippen molar-refractivity contribution in [3.05, 3.63) is 41.6 Å². The highest BCUT2D eigenvalue weighted by Crippen LogP contribution is 2.28. The second kappa shape index (κ2) is 7.62. The number of para-hydroxylation sites is 1. The average molecular weight is 379 g/mol. The van der Waals surface area contributed by atoms with Gasteiger partial charge in [0.1, 0.15) is 5.57 Å². The molecule has 1 aliphatic heterocycles. The first-order chi connectivity index (χ1) is 13.6. The van der Waals surface area contributed by atoms with Gasteiger partial charge in [-0.25, -0.2) is 4.79 Å². The fourth-order valence-electron chi connectivity index (χ4n) is 4.31. The Bertz CT molecular complexity index is 967. The molecule has 1 N–H and O–H groups in total. The van der Waals surface area contributed by atoms with E-state index in [1.165, 1.54) is 4.90 Å². The summed E-state index contributed by atoms with van der Waals surface area (Å²) in [4.78, 5) is 39.2. The lowest BCUT2D eigenvalue weighted by atomic mass is 9.93. The van der Waals surface area contributed by atoms with Gasteiger partial charge in [0.25, 0.3) is 11.8 Å². The van der Waals surface area contributed by atoms with Crippen molar-refractivity contribution in [2.45, 2.75) is 58.0 Å². The van der Waals surface area contributed by atoms with Crippen LogP contribution in [0.1, 0.15) is 51.0 Å². The predicted octanol–water partition coefficient (Wildman–Crippen LogP) is 3.85. The molecule has 2 heterocycles. The van der Waals surface area contributed by atoms with Crippen LogP contribution in [0.3, 0.4) is 0 Å². The van der Waals surface area contributed by atoms with E-state index in [1.807, 2.05) is 30.5 Å². The van der Waals surface area contributed by atoms with Crippen LogP contribution < -0.4 is 5.32 Å². The number of benzene rings is 1. The zero-order valence-corrected chi connectivity index (χ0v) is 16.1. The maximum Gasteiger partial charge on any atom is 0.331 e. The summed E-state index contributed by atoms with van der Waals surface area (Å²) >= 11 is 0. The van der Waals surface area contributed by atoms with E-state index >= 15 is 0 Å². The van der Waals surface area contributed by atoms with Gasteiger partial charge in [-0.1, -0.05) is 44.4 Å². The molecule has 0 radical (unpaired) electrons. The Labute approximate surface area is 164 Å². The van der Waals surface area contributed by atoms with Crippen LogP contribution in [0.2, 0.25) is 0 Å². The maximum absolute atomic E-state index is 13.1. The molecule has 4 amide bonds. The highest BCUT2D eigenvalue weighted by atomic mass is 16.2. The molecule has 0 unspecified atom stereocenters. The second-order valence-electron chi connectivity index (χ2n) is 7.58. The molecule has 1 saturated heterocycles. The number of barbiturate groups is 1. The van der Waals surface area contributed by atoms with E-state index in [1.54, 1.807) is 6.08 Å². The topological polar surface area (TPSA) is 71.4 Å². The lowest BCUT2D eigenvalue weighted by Gasteiger charge is -2.35. The molecular weight excluding hydrogens is 354 g/mol. The number of imide groups is 2. The standard InChI is InChI=1S/C22H25N3O3/c1-2-12-24-14-15(17-10-6-7-11-19(17)24)13-18-20(26)23-22(28)25(21(18)27)16-8-4-3-5-9-16/h6-7,10-11,13-14,16H,2-5,8-9,12H2,1H3,(H,23,26,28)/b18-13+. The third-order valence-electron chi connectivity index (χ3n) is 5.66. The van der Waals surface area contributed by atoms with E-state index in [0.29, 0.717) is 0 Å². The zero-order chi connectivity index (χ0) is 19.7. The van der Waals surface area contributed by atoms with Crippen LogP contribution in [0, 0.1) is 0 Å². The third kappa shape index (κ3) is 3.23. The number of fused-ring (bicyclic) bond motifs is 1. The Kier molecular flexibility index (Phi) is 5.03. The van der Waals surface area contributed by atoms with Crippen LogP contribution in [0.4, 0.5) is 4.79 Å². The van der Waals surface area contributed by atoms with Crippen LogP contribution in [0.5, 0.6) is 0 Å². The SMILES string of the molecule is CCCn1cc(/C=C2\C(=O)NC(=O)N(C3CCCCC3)C2=O)c2ccccc21. The molecular formula is C22H25N3O3. The first-order valence-electron chi connectivity index (χ1n) is 10.1. The Morgan fingerprint density at radius 3 is 2.61 bits per heavy atom. The lowest BCUT2D eigenvalue weighted by molar-refractivity contribution is -0.132. The summed E-state index contributed by atoms with van der Waals surface area (Å²) in [5.41, 5.74) is 1.92. The molecule has 0 atom stereocenters. The molecule has 0 bridgehead atoms. The highest BCUT2D eigenvalue weighted by molar-refractivity contribution is 6.31. The van der Waals surface area contributed by atoms with Gasteiger partial charge in [0, 0.05) is 35.2 Å². The van der Waals surface area contributed by atoms with Crippen molar-refractivity contribution in [3.8, 4) is 0 Å². The molecule has 6 nitrogen and oxygen atoms in total. The van der Waals surface area contributed by atoms with Crippen molar-refractivity contribution in [2.75, 3.05) is 0 Å². The van der Waals surface area contributed by atoms with Gasteiger partial charge in [-0.15, -0.1) is 0 Å². The summed E-state index contributed by atoms with van der Waals surface area (Å²) in [6.45, 7) is 2.97. The molecule has 1 saturated carbocycles. The number of hydrogen-bond donors (Lipinski definition) is 1. The quantitative estimate of drug-likeness (QED) is 0.648. The Balaban J connectivity index is 1.74. The number of nitrogens with zero attached hydrogens (tertiary/aromatic N) is 2. The number of aromatic nitrogens is 1. The Hall–Kier alpha value is -2.89. The summed E-state index contributed by atoms with van der Waals surface area (Å²) < 4.78 is 2.14. The van der Waals surface area contributed by atoms with Crippen LogP contribution in [0.25, 0.3) is 17.0 Å². The van der Waals surface area contributed by atoms with Crippen LogP contribution in [-0.4, -0.2) is 33.4 Å². The minimum Gasteiger partial charge on any atom is -0.347 e. The summed E-state index contributed by atoms with van der Waals surface area (Å²) in [6, 6.07) is 7.23. The molecule has 4 rings (SSSR count).